The van der Waals surface area contributed by atoms with Crippen LogP contribution in [0.25, 0.3) is 6.08 Å². The summed E-state index contributed by atoms with van der Waals surface area (Å²) < 4.78 is 43.9. The number of fused-ring (bicyclic) bond motifs is 1. The number of benzene rings is 1. The molecule has 0 spiro atoms. The Hall–Kier alpha value is -3.58. The molecule has 0 unspecified atom stereocenters. The predicted molar refractivity (Wildman–Crippen MR) is 159 cm³/mol. The van der Waals surface area contributed by atoms with Crippen molar-refractivity contribution in [1.82, 2.24) is 0 Å². The number of aliphatic hydroxyl groups is 5. The van der Waals surface area contributed by atoms with Gasteiger partial charge in [0.1, 0.15) is 36.6 Å². The molecule has 0 aliphatic carbocycles. The molecule has 0 saturated carbocycles. The van der Waals surface area contributed by atoms with Crippen LogP contribution < -0.4 is 4.74 Å². The first kappa shape index (κ1) is 35.7. The van der Waals surface area contributed by atoms with E-state index in [1.807, 2.05) is 0 Å². The molecule has 1 aromatic rings. The molecule has 1 aromatic carbocycles. The molecular weight excluding hydrogens is 640 g/mol. The van der Waals surface area contributed by atoms with Gasteiger partial charge in [-0.2, -0.15) is 0 Å². The van der Waals surface area contributed by atoms with Crippen molar-refractivity contribution in [3.63, 3.8) is 0 Å². The van der Waals surface area contributed by atoms with E-state index >= 15 is 0 Å². The molecular formula is C32H40O16. The number of carbonyl (C=O) groups is 2. The number of aliphatic hydroxyl groups excluding tert-OH is 5. The predicted octanol–water partition coefficient (Wildman–Crippen LogP) is -0.761. The molecule has 4 aliphatic rings. The van der Waals surface area contributed by atoms with Crippen molar-refractivity contribution in [2.24, 2.45) is 11.8 Å². The first-order chi connectivity index (χ1) is 22.9. The molecule has 48 heavy (non-hydrogen) atoms. The van der Waals surface area contributed by atoms with Gasteiger partial charge in [0.2, 0.25) is 6.29 Å². The minimum Gasteiger partial charge on any atom is -0.504 e. The normalized spacial score (nSPS) is 38.3. The standard InChI is InChI=1S/C32H40O16/c1-4-16-17-9-10-42-29(40)18(17)12-43-30(16)48-32-26(38)24(36)23(35)21(46-32)13-44-31-27(39)25(37)28(14(2)45-31)47-22(34)8-6-15-5-7-19(33)20(11-15)41-3/h4-8,11-12,14,16-17,21,23-28,30-33,35-39H,1,9-10,13H2,2-3H3/b8-6+/t14-,16+,17-,21+,23+,24-,25-,26+,27+,28-,30-,31+,32-/m0/s1. The van der Waals surface area contributed by atoms with Crippen LogP contribution in [0, 0.1) is 11.8 Å². The van der Waals surface area contributed by atoms with Crippen LogP contribution in [-0.4, -0.2) is 131 Å². The lowest BCUT2D eigenvalue weighted by atomic mass is 9.81. The van der Waals surface area contributed by atoms with Crippen LogP contribution in [-0.2, 0) is 42.7 Å². The third-order valence-corrected chi connectivity index (χ3v) is 8.68. The van der Waals surface area contributed by atoms with E-state index in [1.54, 1.807) is 12.1 Å². The van der Waals surface area contributed by atoms with Crippen molar-refractivity contribution < 1.29 is 78.1 Å². The van der Waals surface area contributed by atoms with Crippen molar-refractivity contribution in [3.8, 4) is 11.5 Å². The second kappa shape index (κ2) is 15.3. The molecule has 16 heteroatoms. The van der Waals surface area contributed by atoms with E-state index in [1.165, 1.54) is 38.5 Å². The Bertz CT molecular complexity index is 1380. The van der Waals surface area contributed by atoms with E-state index in [0.717, 1.165) is 6.08 Å². The number of carbonyl (C=O) groups excluding carboxylic acids is 2. The number of ether oxygens (including phenoxy) is 8. The monoisotopic (exact) mass is 680 g/mol. The summed E-state index contributed by atoms with van der Waals surface area (Å²) in [5.41, 5.74) is 0.846. The highest BCUT2D eigenvalue weighted by Gasteiger charge is 2.50. The number of phenolic OH excluding ortho intramolecular Hbond substituents is 1. The van der Waals surface area contributed by atoms with Crippen molar-refractivity contribution in [2.45, 2.75) is 81.0 Å². The zero-order valence-corrected chi connectivity index (χ0v) is 26.1. The number of hydrogen-bond acceptors (Lipinski definition) is 16. The topological polar surface area (TPSA) is 229 Å². The lowest BCUT2D eigenvalue weighted by molar-refractivity contribution is -0.351. The molecule has 16 nitrogen and oxygen atoms in total. The molecule has 0 bridgehead atoms. The minimum absolute atomic E-state index is 0.0763. The maximum absolute atomic E-state index is 12.5. The molecule has 4 heterocycles. The van der Waals surface area contributed by atoms with Crippen LogP contribution in [0.4, 0.5) is 0 Å². The van der Waals surface area contributed by atoms with Crippen molar-refractivity contribution in [3.05, 3.63) is 54.3 Å². The summed E-state index contributed by atoms with van der Waals surface area (Å²) in [6, 6.07) is 4.43. The summed E-state index contributed by atoms with van der Waals surface area (Å²) in [5.74, 6) is -2.09. The molecule has 0 radical (unpaired) electrons. The Labute approximate surface area is 275 Å². The average molecular weight is 681 g/mol. The summed E-state index contributed by atoms with van der Waals surface area (Å²) in [5, 5.41) is 63.0. The number of esters is 2. The Morgan fingerprint density at radius 1 is 1.02 bits per heavy atom. The highest BCUT2D eigenvalue weighted by atomic mass is 16.8. The SMILES string of the molecule is C=C[C@H]1[C@H](O[C@@H]2O[C@H](CO[C@@H]3O[C@@H](C)[C@H](OC(=O)/C=C/c4ccc(O)c(OC)c4)[C@@H](O)[C@H]3O)[C@@H](O)[C@H](O)[C@H]2O)OC=C2C(=O)OCC[C@H]21. The number of rotatable bonds is 10. The maximum atomic E-state index is 12.5. The van der Waals surface area contributed by atoms with Crippen LogP contribution in [0.5, 0.6) is 11.5 Å². The number of cyclic esters (lactones) is 1. The third-order valence-electron chi connectivity index (χ3n) is 8.68. The summed E-state index contributed by atoms with van der Waals surface area (Å²) in [7, 11) is 1.38. The van der Waals surface area contributed by atoms with E-state index < -0.39 is 92.2 Å². The number of methoxy groups -OCH3 is 1. The Morgan fingerprint density at radius 3 is 2.50 bits per heavy atom. The molecule has 6 N–H and O–H groups in total. The first-order valence-corrected chi connectivity index (χ1v) is 15.3. The second-order valence-corrected chi connectivity index (χ2v) is 11.8. The molecule has 264 valence electrons. The maximum Gasteiger partial charge on any atom is 0.337 e. The van der Waals surface area contributed by atoms with Crippen molar-refractivity contribution in [2.75, 3.05) is 20.3 Å². The molecule has 0 aromatic heterocycles. The highest BCUT2D eigenvalue weighted by Crippen LogP contribution is 2.39. The average Bonchev–Trinajstić information content (AvgIpc) is 3.07. The fourth-order valence-electron chi connectivity index (χ4n) is 5.95. The van der Waals surface area contributed by atoms with Crippen LogP contribution >= 0.6 is 0 Å². The molecule has 3 fully saturated rings. The van der Waals surface area contributed by atoms with Gasteiger partial charge in [-0.25, -0.2) is 9.59 Å². The van der Waals surface area contributed by atoms with Gasteiger partial charge < -0.3 is 68.5 Å². The van der Waals surface area contributed by atoms with E-state index in [4.69, 9.17) is 37.9 Å². The third kappa shape index (κ3) is 7.51. The van der Waals surface area contributed by atoms with E-state index in [-0.39, 0.29) is 24.0 Å². The van der Waals surface area contributed by atoms with Crippen molar-refractivity contribution in [1.29, 1.82) is 0 Å². The van der Waals surface area contributed by atoms with Crippen LogP contribution in [0.1, 0.15) is 18.9 Å². The van der Waals surface area contributed by atoms with Gasteiger partial charge in [-0.15, -0.1) is 6.58 Å². The summed E-state index contributed by atoms with van der Waals surface area (Å²) >= 11 is 0. The quantitative estimate of drug-likeness (QED) is 0.101. The fourth-order valence-corrected chi connectivity index (χ4v) is 5.95. The van der Waals surface area contributed by atoms with Crippen LogP contribution in [0.3, 0.4) is 0 Å². The molecule has 5 rings (SSSR count). The van der Waals surface area contributed by atoms with Gasteiger partial charge in [-0.3, -0.25) is 0 Å². The van der Waals surface area contributed by atoms with Gasteiger partial charge in [0.05, 0.1) is 38.3 Å². The largest absolute Gasteiger partial charge is 0.504 e. The van der Waals surface area contributed by atoms with Crippen LogP contribution in [0.15, 0.2) is 48.8 Å². The Morgan fingerprint density at radius 2 is 1.77 bits per heavy atom. The smallest absolute Gasteiger partial charge is 0.337 e. The van der Waals surface area contributed by atoms with E-state index in [0.29, 0.717) is 17.6 Å². The van der Waals surface area contributed by atoms with Crippen LogP contribution in [0.2, 0.25) is 0 Å². The summed E-state index contributed by atoms with van der Waals surface area (Å²) in [4.78, 5) is 24.6. The molecule has 0 amide bonds. The van der Waals surface area contributed by atoms with Gasteiger partial charge in [0, 0.05) is 17.9 Å². The minimum atomic E-state index is -1.74. The van der Waals surface area contributed by atoms with Gasteiger partial charge in [0.25, 0.3) is 0 Å². The Balaban J connectivity index is 1.17. The highest BCUT2D eigenvalue weighted by molar-refractivity contribution is 5.89. The van der Waals surface area contributed by atoms with Gasteiger partial charge in [-0.05, 0) is 37.1 Å². The van der Waals surface area contributed by atoms with Gasteiger partial charge >= 0.3 is 11.9 Å². The second-order valence-electron chi connectivity index (χ2n) is 11.8. The summed E-state index contributed by atoms with van der Waals surface area (Å²) in [6.45, 7) is 4.99. The molecule has 3 saturated heterocycles. The molecule has 13 atom stereocenters. The lowest BCUT2D eigenvalue weighted by Gasteiger charge is -2.44. The van der Waals surface area contributed by atoms with Gasteiger partial charge in [-0.1, -0.05) is 12.1 Å². The first-order valence-electron chi connectivity index (χ1n) is 15.3. The number of hydrogen-bond donors (Lipinski definition) is 6. The zero-order valence-electron chi connectivity index (χ0n) is 26.1. The number of aromatic hydroxyl groups is 1. The Kier molecular flexibility index (Phi) is 11.4. The fraction of sp³-hybridized carbons (Fsp3) is 0.562. The van der Waals surface area contributed by atoms with Crippen molar-refractivity contribution >= 4 is 18.0 Å². The zero-order chi connectivity index (χ0) is 34.7. The number of phenols is 1. The van der Waals surface area contributed by atoms with Gasteiger partial charge in [0.15, 0.2) is 30.2 Å². The molecule has 4 aliphatic heterocycles. The van der Waals surface area contributed by atoms with E-state index in [2.05, 4.69) is 6.58 Å². The van der Waals surface area contributed by atoms with E-state index in [9.17, 15) is 40.2 Å². The lowest BCUT2D eigenvalue weighted by Crippen LogP contribution is -2.62. The summed E-state index contributed by atoms with van der Waals surface area (Å²) in [6.07, 6.45) is -10.3.